The van der Waals surface area contributed by atoms with E-state index < -0.39 is 6.10 Å². The number of hydrogen-bond acceptors (Lipinski definition) is 3. The average molecular weight is 294 g/mol. The van der Waals surface area contributed by atoms with Crippen LogP contribution in [0, 0.1) is 0 Å². The largest absolute Gasteiger partial charge is 0.383 e. The van der Waals surface area contributed by atoms with E-state index in [-0.39, 0.29) is 17.4 Å². The van der Waals surface area contributed by atoms with Crippen LogP contribution in [0.5, 0.6) is 0 Å². The maximum atomic E-state index is 12.5. The van der Waals surface area contributed by atoms with Crippen molar-refractivity contribution in [1.29, 1.82) is 0 Å². The van der Waals surface area contributed by atoms with E-state index in [0.29, 0.717) is 19.5 Å². The minimum absolute atomic E-state index is 0.0354. The highest BCUT2D eigenvalue weighted by Gasteiger charge is 2.46. The molecule has 1 N–H and O–H groups in total. The number of aliphatic hydroxyl groups is 1. The van der Waals surface area contributed by atoms with Crippen molar-refractivity contribution in [3.05, 3.63) is 12.7 Å². The molecule has 2 rings (SSSR count). The molecule has 2 amide bonds. The summed E-state index contributed by atoms with van der Waals surface area (Å²) in [5.41, 5.74) is -0.149. The Morgan fingerprint density at radius 1 is 1.29 bits per heavy atom. The summed E-state index contributed by atoms with van der Waals surface area (Å²) in [7, 11) is 0. The molecular formula is C16H26N2O3. The van der Waals surface area contributed by atoms with Crippen molar-refractivity contribution in [1.82, 2.24) is 9.80 Å². The van der Waals surface area contributed by atoms with E-state index in [2.05, 4.69) is 6.58 Å². The molecule has 0 aromatic rings. The van der Waals surface area contributed by atoms with Crippen LogP contribution in [0.2, 0.25) is 0 Å². The smallest absolute Gasteiger partial charge is 0.251 e. The van der Waals surface area contributed by atoms with Crippen molar-refractivity contribution in [3.63, 3.8) is 0 Å². The van der Waals surface area contributed by atoms with Gasteiger partial charge in [-0.1, -0.05) is 19.9 Å². The Bertz CT molecular complexity index is 414. The Morgan fingerprint density at radius 3 is 2.52 bits per heavy atom. The number of piperidine rings is 1. The molecule has 0 aromatic carbocycles. The van der Waals surface area contributed by atoms with Gasteiger partial charge in [-0.2, -0.15) is 0 Å². The van der Waals surface area contributed by atoms with Crippen molar-refractivity contribution in [2.75, 3.05) is 19.6 Å². The van der Waals surface area contributed by atoms with E-state index >= 15 is 0 Å². The molecule has 5 nitrogen and oxygen atoms in total. The standard InChI is InChI=1S/C16H26N2O3/c1-3-6-13(19)15(21)18-10-5-7-16(18)8-11-17(12-9-16)14(20)4-2/h4,13,19H,2-3,5-12H2,1H3/t13-/m1/s1. The molecule has 5 heteroatoms. The lowest BCUT2D eigenvalue weighted by Gasteiger charge is -2.45. The van der Waals surface area contributed by atoms with Crippen molar-refractivity contribution < 1.29 is 14.7 Å². The first kappa shape index (κ1) is 16.0. The Balaban J connectivity index is 2.03. The molecule has 1 atom stereocenters. The molecule has 0 aromatic heterocycles. The maximum Gasteiger partial charge on any atom is 0.251 e. The summed E-state index contributed by atoms with van der Waals surface area (Å²) < 4.78 is 0. The minimum Gasteiger partial charge on any atom is -0.383 e. The third kappa shape index (κ3) is 3.12. The SMILES string of the molecule is C=CC(=O)N1CCC2(CCCN2C(=O)[C@H](O)CCC)CC1. The molecule has 2 aliphatic heterocycles. The van der Waals surface area contributed by atoms with Crippen molar-refractivity contribution in [2.24, 2.45) is 0 Å². The van der Waals surface area contributed by atoms with Crippen molar-refractivity contribution in [2.45, 2.75) is 57.1 Å². The van der Waals surface area contributed by atoms with E-state index in [9.17, 15) is 14.7 Å². The van der Waals surface area contributed by atoms with Gasteiger partial charge < -0.3 is 14.9 Å². The van der Waals surface area contributed by atoms with E-state index in [1.807, 2.05) is 11.8 Å². The van der Waals surface area contributed by atoms with Gasteiger partial charge in [-0.15, -0.1) is 0 Å². The highest BCUT2D eigenvalue weighted by atomic mass is 16.3. The number of likely N-dealkylation sites (tertiary alicyclic amines) is 2. The molecule has 2 fully saturated rings. The van der Waals surface area contributed by atoms with Gasteiger partial charge in [0.2, 0.25) is 5.91 Å². The fraction of sp³-hybridized carbons (Fsp3) is 0.750. The fourth-order valence-corrected chi connectivity index (χ4v) is 3.65. The first-order chi connectivity index (χ1) is 10.0. The molecular weight excluding hydrogens is 268 g/mol. The molecule has 118 valence electrons. The molecule has 2 aliphatic rings. The summed E-state index contributed by atoms with van der Waals surface area (Å²) in [6.07, 6.45) is 5.36. The van der Waals surface area contributed by atoms with Gasteiger partial charge in [0.25, 0.3) is 5.91 Å². The lowest BCUT2D eigenvalue weighted by atomic mass is 9.84. The Labute approximate surface area is 126 Å². The summed E-state index contributed by atoms with van der Waals surface area (Å²) >= 11 is 0. The van der Waals surface area contributed by atoms with Crippen LogP contribution < -0.4 is 0 Å². The van der Waals surface area contributed by atoms with Crippen molar-refractivity contribution in [3.8, 4) is 0 Å². The van der Waals surface area contributed by atoms with E-state index in [1.54, 1.807) is 4.90 Å². The Morgan fingerprint density at radius 2 is 1.95 bits per heavy atom. The van der Waals surface area contributed by atoms with Crippen LogP contribution in [0.15, 0.2) is 12.7 Å². The Kier molecular flexibility index (Phi) is 5.04. The van der Waals surface area contributed by atoms with Crippen molar-refractivity contribution >= 4 is 11.8 Å². The number of hydrogen-bond donors (Lipinski definition) is 1. The second kappa shape index (κ2) is 6.60. The van der Waals surface area contributed by atoms with Gasteiger partial charge >= 0.3 is 0 Å². The van der Waals surface area contributed by atoms with Crippen LogP contribution in [0.25, 0.3) is 0 Å². The van der Waals surface area contributed by atoms with Gasteiger partial charge in [0.1, 0.15) is 6.10 Å². The lowest BCUT2D eigenvalue weighted by molar-refractivity contribution is -0.147. The molecule has 2 heterocycles. The van der Waals surface area contributed by atoms with Gasteiger partial charge in [-0.05, 0) is 38.2 Å². The number of rotatable bonds is 4. The predicted octanol–water partition coefficient (Wildman–Crippen LogP) is 1.32. The lowest BCUT2D eigenvalue weighted by Crippen LogP contribution is -2.56. The highest BCUT2D eigenvalue weighted by Crippen LogP contribution is 2.39. The molecule has 1 spiro atoms. The minimum atomic E-state index is -0.877. The molecule has 0 radical (unpaired) electrons. The predicted molar refractivity (Wildman–Crippen MR) is 80.6 cm³/mol. The Hall–Kier alpha value is -1.36. The monoisotopic (exact) mass is 294 g/mol. The van der Waals surface area contributed by atoms with Gasteiger partial charge in [0.05, 0.1) is 0 Å². The molecule has 0 aliphatic carbocycles. The van der Waals surface area contributed by atoms with Crippen LogP contribution in [-0.2, 0) is 9.59 Å². The average Bonchev–Trinajstić information content (AvgIpc) is 2.90. The number of carbonyl (C=O) groups is 2. The summed E-state index contributed by atoms with van der Waals surface area (Å²) in [4.78, 5) is 27.8. The van der Waals surface area contributed by atoms with Crippen LogP contribution in [0.3, 0.4) is 0 Å². The van der Waals surface area contributed by atoms with Crippen LogP contribution in [0.1, 0.15) is 45.4 Å². The van der Waals surface area contributed by atoms with Gasteiger partial charge in [-0.3, -0.25) is 9.59 Å². The van der Waals surface area contributed by atoms with Gasteiger partial charge in [0, 0.05) is 25.2 Å². The molecule has 21 heavy (non-hydrogen) atoms. The molecule has 2 saturated heterocycles. The highest BCUT2D eigenvalue weighted by molar-refractivity contribution is 5.87. The summed E-state index contributed by atoms with van der Waals surface area (Å²) in [5.74, 6) is -0.162. The summed E-state index contributed by atoms with van der Waals surface area (Å²) in [5, 5.41) is 10.0. The molecule has 0 unspecified atom stereocenters. The first-order valence-electron chi connectivity index (χ1n) is 7.95. The quantitative estimate of drug-likeness (QED) is 0.795. The van der Waals surface area contributed by atoms with E-state index in [0.717, 1.165) is 38.6 Å². The third-order valence-electron chi connectivity index (χ3n) is 4.89. The number of amides is 2. The first-order valence-corrected chi connectivity index (χ1v) is 7.95. The van der Waals surface area contributed by atoms with E-state index in [4.69, 9.17) is 0 Å². The fourth-order valence-electron chi connectivity index (χ4n) is 3.65. The number of nitrogens with zero attached hydrogens (tertiary/aromatic N) is 2. The van der Waals surface area contributed by atoms with Crippen LogP contribution in [0.4, 0.5) is 0 Å². The zero-order valence-electron chi connectivity index (χ0n) is 12.9. The third-order valence-corrected chi connectivity index (χ3v) is 4.89. The second-order valence-corrected chi connectivity index (χ2v) is 6.15. The zero-order chi connectivity index (χ0) is 15.5. The normalized spacial score (nSPS) is 22.4. The molecule has 0 saturated carbocycles. The molecule has 0 bridgehead atoms. The van der Waals surface area contributed by atoms with E-state index in [1.165, 1.54) is 6.08 Å². The number of carbonyl (C=O) groups excluding carboxylic acids is 2. The van der Waals surface area contributed by atoms with Gasteiger partial charge in [-0.25, -0.2) is 0 Å². The topological polar surface area (TPSA) is 60.9 Å². The van der Waals surface area contributed by atoms with Crippen LogP contribution >= 0.6 is 0 Å². The zero-order valence-corrected chi connectivity index (χ0v) is 12.9. The maximum absolute atomic E-state index is 12.5. The van der Waals surface area contributed by atoms with Crippen LogP contribution in [-0.4, -0.2) is 58.0 Å². The summed E-state index contributed by atoms with van der Waals surface area (Å²) in [6.45, 7) is 7.55. The number of aliphatic hydroxyl groups excluding tert-OH is 1. The second-order valence-electron chi connectivity index (χ2n) is 6.15. The summed E-state index contributed by atoms with van der Waals surface area (Å²) in [6, 6.07) is 0. The van der Waals surface area contributed by atoms with Gasteiger partial charge in [0.15, 0.2) is 0 Å².